The van der Waals surface area contributed by atoms with Crippen LogP contribution in [0.25, 0.3) is 0 Å². The molecule has 0 bridgehead atoms. The van der Waals surface area contributed by atoms with Gasteiger partial charge >= 0.3 is 0 Å². The fraction of sp³-hybridized carbons (Fsp3) is 0.368. The normalized spacial score (nSPS) is 17.4. The maximum absolute atomic E-state index is 12.7. The highest BCUT2D eigenvalue weighted by atomic mass is 16.5. The van der Waals surface area contributed by atoms with Crippen LogP contribution in [0.1, 0.15) is 23.1 Å². The Morgan fingerprint density at radius 1 is 1.40 bits per heavy atom. The average Bonchev–Trinajstić information content (AvgIpc) is 2.61. The minimum atomic E-state index is -0.245. The van der Waals surface area contributed by atoms with E-state index in [2.05, 4.69) is 4.98 Å². The third-order valence-corrected chi connectivity index (χ3v) is 4.23. The van der Waals surface area contributed by atoms with Gasteiger partial charge in [-0.15, -0.1) is 0 Å². The molecule has 0 radical (unpaired) electrons. The van der Waals surface area contributed by atoms with E-state index in [-0.39, 0.29) is 12.0 Å². The Bertz CT molecular complexity index is 743. The van der Waals surface area contributed by atoms with Crippen molar-refractivity contribution >= 4 is 11.6 Å². The van der Waals surface area contributed by atoms with Crippen molar-refractivity contribution in [2.24, 2.45) is 0 Å². The Labute approximate surface area is 147 Å². The number of nitrogens with zero attached hydrogens (tertiary/aromatic N) is 2. The van der Waals surface area contributed by atoms with E-state index in [0.717, 1.165) is 22.7 Å². The van der Waals surface area contributed by atoms with E-state index in [1.54, 1.807) is 7.11 Å². The number of anilines is 1. The van der Waals surface area contributed by atoms with Crippen LogP contribution in [0.5, 0.6) is 5.75 Å². The summed E-state index contributed by atoms with van der Waals surface area (Å²) in [5.74, 6) is 0.826. The third-order valence-electron chi connectivity index (χ3n) is 4.23. The molecule has 1 aliphatic rings. The van der Waals surface area contributed by atoms with Crippen molar-refractivity contribution in [2.45, 2.75) is 19.4 Å². The Kier molecular flexibility index (Phi) is 5.19. The van der Waals surface area contributed by atoms with Gasteiger partial charge in [0.25, 0.3) is 0 Å². The van der Waals surface area contributed by atoms with Crippen LogP contribution in [0.15, 0.2) is 36.4 Å². The first-order valence-electron chi connectivity index (χ1n) is 8.31. The molecule has 2 aromatic rings. The molecule has 25 heavy (non-hydrogen) atoms. The lowest BCUT2D eigenvalue weighted by molar-refractivity contribution is -0.138. The molecule has 6 heteroatoms. The van der Waals surface area contributed by atoms with Gasteiger partial charge in [-0.1, -0.05) is 12.1 Å². The third kappa shape index (κ3) is 4.28. The molecule has 1 aliphatic heterocycles. The lowest BCUT2D eigenvalue weighted by Gasteiger charge is -2.33. The number of aromatic nitrogens is 1. The van der Waals surface area contributed by atoms with Crippen molar-refractivity contribution in [3.8, 4) is 5.75 Å². The fourth-order valence-corrected chi connectivity index (χ4v) is 3.01. The summed E-state index contributed by atoms with van der Waals surface area (Å²) in [6, 6.07) is 11.2. The standard InChI is InChI=1S/C19H23N3O3/c1-13-8-15(20)11-17(21-13)18-12-22(6-7-25-18)19(23)10-14-4-3-5-16(9-14)24-2/h3-5,8-9,11,18H,6-7,10,12H2,1-2H3,(H2,20,21)/t18-/m0/s1. The summed E-state index contributed by atoms with van der Waals surface area (Å²) in [6.07, 6.45) is 0.0954. The van der Waals surface area contributed by atoms with Gasteiger partial charge in [-0.25, -0.2) is 0 Å². The number of amides is 1. The van der Waals surface area contributed by atoms with Gasteiger partial charge in [0.1, 0.15) is 11.9 Å². The van der Waals surface area contributed by atoms with Crippen molar-refractivity contribution in [1.29, 1.82) is 0 Å². The Hall–Kier alpha value is -2.60. The first-order chi connectivity index (χ1) is 12.0. The summed E-state index contributed by atoms with van der Waals surface area (Å²) in [5, 5.41) is 0. The molecule has 2 N–H and O–H groups in total. The molecule has 0 aliphatic carbocycles. The van der Waals surface area contributed by atoms with E-state index in [4.69, 9.17) is 15.2 Å². The van der Waals surface area contributed by atoms with Crippen molar-refractivity contribution in [2.75, 3.05) is 32.5 Å². The molecule has 0 saturated carbocycles. The van der Waals surface area contributed by atoms with Gasteiger partial charge in [-0.2, -0.15) is 0 Å². The second-order valence-electron chi connectivity index (χ2n) is 6.19. The number of hydrogen-bond donors (Lipinski definition) is 1. The Morgan fingerprint density at radius 3 is 3.00 bits per heavy atom. The SMILES string of the molecule is COc1cccc(CC(=O)N2CCO[C@H](c3cc(N)cc(C)n3)C2)c1. The summed E-state index contributed by atoms with van der Waals surface area (Å²) < 4.78 is 11.0. The van der Waals surface area contributed by atoms with Gasteiger partial charge in [0, 0.05) is 17.9 Å². The number of benzene rings is 1. The highest BCUT2D eigenvalue weighted by molar-refractivity contribution is 5.79. The van der Waals surface area contributed by atoms with Crippen LogP contribution in [0.4, 0.5) is 5.69 Å². The van der Waals surface area contributed by atoms with Gasteiger partial charge in [0.2, 0.25) is 5.91 Å². The van der Waals surface area contributed by atoms with Gasteiger partial charge in [-0.05, 0) is 36.8 Å². The number of methoxy groups -OCH3 is 1. The predicted octanol–water partition coefficient (Wildman–Crippen LogP) is 2.12. The van der Waals surface area contributed by atoms with E-state index < -0.39 is 0 Å². The maximum atomic E-state index is 12.7. The van der Waals surface area contributed by atoms with Crippen molar-refractivity contribution < 1.29 is 14.3 Å². The van der Waals surface area contributed by atoms with Crippen LogP contribution >= 0.6 is 0 Å². The van der Waals surface area contributed by atoms with Gasteiger partial charge in [0.15, 0.2) is 0 Å². The van der Waals surface area contributed by atoms with E-state index in [1.165, 1.54) is 0 Å². The highest BCUT2D eigenvalue weighted by Gasteiger charge is 2.26. The average molecular weight is 341 g/mol. The number of rotatable bonds is 4. The van der Waals surface area contributed by atoms with Crippen molar-refractivity contribution in [3.05, 3.63) is 53.3 Å². The molecule has 2 heterocycles. The summed E-state index contributed by atoms with van der Waals surface area (Å²) in [7, 11) is 1.62. The largest absolute Gasteiger partial charge is 0.497 e. The molecule has 0 spiro atoms. The van der Waals surface area contributed by atoms with Gasteiger partial charge < -0.3 is 20.1 Å². The number of nitrogen functional groups attached to an aromatic ring is 1. The van der Waals surface area contributed by atoms with E-state index in [1.807, 2.05) is 48.2 Å². The van der Waals surface area contributed by atoms with Crippen molar-refractivity contribution in [1.82, 2.24) is 9.88 Å². The van der Waals surface area contributed by atoms with Gasteiger partial charge in [0.05, 0.1) is 32.4 Å². The predicted molar refractivity (Wildman–Crippen MR) is 95.4 cm³/mol. The lowest BCUT2D eigenvalue weighted by atomic mass is 10.1. The number of carbonyl (C=O) groups is 1. The molecule has 1 aromatic carbocycles. The smallest absolute Gasteiger partial charge is 0.227 e. The summed E-state index contributed by atoms with van der Waals surface area (Å²) in [4.78, 5) is 19.0. The highest BCUT2D eigenvalue weighted by Crippen LogP contribution is 2.23. The summed E-state index contributed by atoms with van der Waals surface area (Å²) in [5.41, 5.74) is 9.12. The molecule has 1 fully saturated rings. The first-order valence-corrected chi connectivity index (χ1v) is 8.31. The Balaban J connectivity index is 1.68. The van der Waals surface area contributed by atoms with E-state index in [9.17, 15) is 4.79 Å². The molecule has 1 saturated heterocycles. The maximum Gasteiger partial charge on any atom is 0.227 e. The molecule has 1 aromatic heterocycles. The minimum Gasteiger partial charge on any atom is -0.497 e. The summed E-state index contributed by atoms with van der Waals surface area (Å²) in [6.45, 7) is 3.46. The molecule has 132 valence electrons. The minimum absolute atomic E-state index is 0.0715. The van der Waals surface area contributed by atoms with Crippen LogP contribution in [-0.4, -0.2) is 42.6 Å². The molecule has 3 rings (SSSR count). The molecule has 0 unspecified atom stereocenters. The number of aryl methyl sites for hydroxylation is 1. The summed E-state index contributed by atoms with van der Waals surface area (Å²) >= 11 is 0. The monoisotopic (exact) mass is 341 g/mol. The second-order valence-corrected chi connectivity index (χ2v) is 6.19. The van der Waals surface area contributed by atoms with Crippen LogP contribution in [0.3, 0.4) is 0 Å². The molecule has 1 amide bonds. The Morgan fingerprint density at radius 2 is 2.24 bits per heavy atom. The molecular formula is C19H23N3O3. The van der Waals surface area contributed by atoms with Crippen LogP contribution in [0.2, 0.25) is 0 Å². The lowest BCUT2D eigenvalue weighted by Crippen LogP contribution is -2.43. The van der Waals surface area contributed by atoms with Crippen LogP contribution in [0, 0.1) is 6.92 Å². The zero-order valence-corrected chi connectivity index (χ0v) is 14.6. The number of pyridine rings is 1. The quantitative estimate of drug-likeness (QED) is 0.922. The number of hydrogen-bond acceptors (Lipinski definition) is 5. The fourth-order valence-electron chi connectivity index (χ4n) is 3.01. The molecule has 1 atom stereocenters. The number of morpholine rings is 1. The van der Waals surface area contributed by atoms with Crippen LogP contribution in [-0.2, 0) is 16.0 Å². The van der Waals surface area contributed by atoms with E-state index in [0.29, 0.717) is 31.8 Å². The zero-order chi connectivity index (χ0) is 17.8. The van der Waals surface area contributed by atoms with E-state index >= 15 is 0 Å². The number of ether oxygens (including phenoxy) is 2. The number of carbonyl (C=O) groups excluding carboxylic acids is 1. The zero-order valence-electron chi connectivity index (χ0n) is 14.6. The topological polar surface area (TPSA) is 77.7 Å². The second kappa shape index (κ2) is 7.53. The molecule has 6 nitrogen and oxygen atoms in total. The number of nitrogens with two attached hydrogens (primary N) is 1. The first kappa shape index (κ1) is 17.2. The molecular weight excluding hydrogens is 318 g/mol. The van der Waals surface area contributed by atoms with Crippen molar-refractivity contribution in [3.63, 3.8) is 0 Å². The van der Waals surface area contributed by atoms with Gasteiger partial charge in [-0.3, -0.25) is 9.78 Å². The van der Waals surface area contributed by atoms with Crippen LogP contribution < -0.4 is 10.5 Å².